The van der Waals surface area contributed by atoms with Crippen molar-refractivity contribution in [2.75, 3.05) is 32.9 Å². The van der Waals surface area contributed by atoms with E-state index >= 15 is 0 Å². The summed E-state index contributed by atoms with van der Waals surface area (Å²) in [5, 5.41) is 5.06. The number of hydrogen-bond donors (Lipinski definition) is 1. The lowest BCUT2D eigenvalue weighted by Crippen LogP contribution is -2.40. The second kappa shape index (κ2) is 10.8. The van der Waals surface area contributed by atoms with Gasteiger partial charge in [-0.15, -0.1) is 0 Å². The maximum atomic E-state index is 12.7. The van der Waals surface area contributed by atoms with Crippen LogP contribution in [0.2, 0.25) is 0 Å². The zero-order valence-corrected chi connectivity index (χ0v) is 19.2. The average molecular weight is 469 g/mol. The molecule has 1 amide bonds. The molecule has 0 atom stereocenters. The van der Waals surface area contributed by atoms with Crippen LogP contribution >= 0.6 is 0 Å². The lowest BCUT2D eigenvalue weighted by molar-refractivity contribution is -0.121. The molecule has 0 spiro atoms. The molecule has 0 aromatic heterocycles. The van der Waals surface area contributed by atoms with Gasteiger partial charge in [-0.05, 0) is 35.6 Å². The Morgan fingerprint density at radius 2 is 1.70 bits per heavy atom. The molecular weight excluding hydrogens is 440 g/mol. The molecule has 0 unspecified atom stereocenters. The van der Waals surface area contributed by atoms with Gasteiger partial charge in [0.2, 0.25) is 15.9 Å². The quantitative estimate of drug-likeness (QED) is 0.487. The molecule has 0 radical (unpaired) electrons. The van der Waals surface area contributed by atoms with E-state index in [-0.39, 0.29) is 10.8 Å². The molecule has 3 aromatic rings. The van der Waals surface area contributed by atoms with Gasteiger partial charge in [-0.25, -0.2) is 8.42 Å². The summed E-state index contributed by atoms with van der Waals surface area (Å²) in [5.74, 6) is 0.752. The van der Waals surface area contributed by atoms with Crippen molar-refractivity contribution >= 4 is 26.7 Å². The summed E-state index contributed by atoms with van der Waals surface area (Å²) >= 11 is 0. The van der Waals surface area contributed by atoms with E-state index in [1.807, 2.05) is 42.5 Å². The average Bonchev–Trinajstić information content (AvgIpc) is 2.86. The molecule has 0 aliphatic carbocycles. The zero-order valence-electron chi connectivity index (χ0n) is 18.4. The van der Waals surface area contributed by atoms with Crippen molar-refractivity contribution in [1.82, 2.24) is 9.62 Å². The first-order valence-electron chi connectivity index (χ1n) is 11.1. The molecular formula is C25H28N2O5S. The molecule has 1 aliphatic heterocycles. The van der Waals surface area contributed by atoms with Crippen LogP contribution in [-0.2, 0) is 26.1 Å². The van der Waals surface area contributed by atoms with Crippen molar-refractivity contribution in [3.05, 3.63) is 72.3 Å². The van der Waals surface area contributed by atoms with Crippen LogP contribution in [0.3, 0.4) is 0 Å². The molecule has 8 heteroatoms. The standard InChI is InChI=1S/C25H28N2O5S/c28-25(9-4-16-32-24-8-3-6-21-5-1-2-7-23(21)24)26-19-20-10-12-22(13-11-20)33(29,30)27-14-17-31-18-15-27/h1-3,5-8,10-13H,4,9,14-19H2,(H,26,28). The minimum absolute atomic E-state index is 0.0680. The maximum Gasteiger partial charge on any atom is 0.243 e. The van der Waals surface area contributed by atoms with E-state index in [1.165, 1.54) is 4.31 Å². The number of fused-ring (bicyclic) bond motifs is 1. The number of amides is 1. The van der Waals surface area contributed by atoms with E-state index in [2.05, 4.69) is 5.32 Å². The van der Waals surface area contributed by atoms with E-state index in [0.29, 0.717) is 52.3 Å². The smallest absolute Gasteiger partial charge is 0.243 e. The molecule has 0 bridgehead atoms. The Balaban J connectivity index is 1.21. The summed E-state index contributed by atoms with van der Waals surface area (Å²) in [5.41, 5.74) is 0.844. The number of hydrogen-bond acceptors (Lipinski definition) is 5. The fourth-order valence-electron chi connectivity index (χ4n) is 3.74. The van der Waals surface area contributed by atoms with Crippen LogP contribution in [0.5, 0.6) is 5.75 Å². The number of nitrogens with zero attached hydrogens (tertiary/aromatic N) is 1. The fourth-order valence-corrected chi connectivity index (χ4v) is 5.15. The minimum Gasteiger partial charge on any atom is -0.493 e. The SMILES string of the molecule is O=C(CCCOc1cccc2ccccc12)NCc1ccc(S(=O)(=O)N2CCOCC2)cc1. The molecule has 174 valence electrons. The highest BCUT2D eigenvalue weighted by atomic mass is 32.2. The Kier molecular flexibility index (Phi) is 7.59. The number of nitrogens with one attached hydrogen (secondary N) is 1. The molecule has 1 saturated heterocycles. The molecule has 33 heavy (non-hydrogen) atoms. The second-order valence-corrected chi connectivity index (χ2v) is 9.80. The van der Waals surface area contributed by atoms with E-state index < -0.39 is 10.0 Å². The molecule has 4 rings (SSSR count). The lowest BCUT2D eigenvalue weighted by Gasteiger charge is -2.26. The summed E-state index contributed by atoms with van der Waals surface area (Å²) in [7, 11) is -3.51. The Labute approximate surface area is 194 Å². The third-order valence-corrected chi connectivity index (χ3v) is 7.49. The van der Waals surface area contributed by atoms with Gasteiger partial charge in [0.25, 0.3) is 0 Å². The summed E-state index contributed by atoms with van der Waals surface area (Å²) in [6.45, 7) is 2.36. The Hall–Kier alpha value is -2.94. The first-order chi connectivity index (χ1) is 16.0. The largest absolute Gasteiger partial charge is 0.493 e. The number of carbonyl (C=O) groups is 1. The number of morpholine rings is 1. The Morgan fingerprint density at radius 3 is 2.48 bits per heavy atom. The van der Waals surface area contributed by atoms with Crippen molar-refractivity contribution in [3.63, 3.8) is 0 Å². The van der Waals surface area contributed by atoms with Crippen molar-refractivity contribution in [3.8, 4) is 5.75 Å². The van der Waals surface area contributed by atoms with Gasteiger partial charge in [0.05, 0.1) is 24.7 Å². The van der Waals surface area contributed by atoms with Gasteiger partial charge in [0.15, 0.2) is 0 Å². The van der Waals surface area contributed by atoms with E-state index in [9.17, 15) is 13.2 Å². The molecule has 1 heterocycles. The van der Waals surface area contributed by atoms with Crippen LogP contribution < -0.4 is 10.1 Å². The Morgan fingerprint density at radius 1 is 0.970 bits per heavy atom. The number of ether oxygens (including phenoxy) is 2. The number of rotatable bonds is 9. The third kappa shape index (κ3) is 5.90. The molecule has 3 aromatic carbocycles. The van der Waals surface area contributed by atoms with Gasteiger partial charge in [0.1, 0.15) is 5.75 Å². The number of carbonyl (C=O) groups excluding carboxylic acids is 1. The van der Waals surface area contributed by atoms with Gasteiger partial charge in [-0.1, -0.05) is 48.5 Å². The normalized spacial score (nSPS) is 14.8. The molecule has 1 aliphatic rings. The van der Waals surface area contributed by atoms with Crippen LogP contribution in [0.1, 0.15) is 18.4 Å². The molecule has 0 saturated carbocycles. The predicted octanol–water partition coefficient (Wildman–Crippen LogP) is 3.34. The van der Waals surface area contributed by atoms with E-state index in [0.717, 1.165) is 22.1 Å². The van der Waals surface area contributed by atoms with Crippen molar-refractivity contribution in [2.24, 2.45) is 0 Å². The van der Waals surface area contributed by atoms with Crippen molar-refractivity contribution in [1.29, 1.82) is 0 Å². The monoisotopic (exact) mass is 468 g/mol. The van der Waals surface area contributed by atoms with Crippen LogP contribution in [-0.4, -0.2) is 51.5 Å². The van der Waals surface area contributed by atoms with Crippen LogP contribution in [0.15, 0.2) is 71.6 Å². The molecule has 1 fully saturated rings. The maximum absolute atomic E-state index is 12.7. The highest BCUT2D eigenvalue weighted by Crippen LogP contribution is 2.25. The third-order valence-electron chi connectivity index (χ3n) is 5.58. The number of sulfonamides is 1. The summed E-state index contributed by atoms with van der Waals surface area (Å²) in [6.07, 6.45) is 0.958. The van der Waals surface area contributed by atoms with E-state index in [4.69, 9.17) is 9.47 Å². The summed E-state index contributed by atoms with van der Waals surface area (Å²) in [4.78, 5) is 12.4. The number of benzene rings is 3. The lowest BCUT2D eigenvalue weighted by atomic mass is 10.1. The van der Waals surface area contributed by atoms with Gasteiger partial charge >= 0.3 is 0 Å². The molecule has 1 N–H and O–H groups in total. The van der Waals surface area contributed by atoms with Crippen LogP contribution in [0.25, 0.3) is 10.8 Å². The van der Waals surface area contributed by atoms with E-state index in [1.54, 1.807) is 24.3 Å². The first kappa shape index (κ1) is 23.2. The van der Waals surface area contributed by atoms with Crippen molar-refractivity contribution < 1.29 is 22.7 Å². The second-order valence-electron chi connectivity index (χ2n) is 7.87. The zero-order chi connectivity index (χ0) is 23.1. The summed E-state index contributed by atoms with van der Waals surface area (Å²) in [6, 6.07) is 20.6. The van der Waals surface area contributed by atoms with Crippen LogP contribution in [0, 0.1) is 0 Å². The summed E-state index contributed by atoms with van der Waals surface area (Å²) < 4.78 is 37.9. The first-order valence-corrected chi connectivity index (χ1v) is 12.5. The Bertz CT molecular complexity index is 1180. The minimum atomic E-state index is -3.51. The topological polar surface area (TPSA) is 84.9 Å². The fraction of sp³-hybridized carbons (Fsp3) is 0.320. The van der Waals surface area contributed by atoms with Gasteiger partial charge in [0, 0.05) is 31.4 Å². The highest BCUT2D eigenvalue weighted by molar-refractivity contribution is 7.89. The van der Waals surface area contributed by atoms with Gasteiger partial charge < -0.3 is 14.8 Å². The molecule has 7 nitrogen and oxygen atoms in total. The van der Waals surface area contributed by atoms with Crippen LogP contribution in [0.4, 0.5) is 0 Å². The van der Waals surface area contributed by atoms with Gasteiger partial charge in [-0.2, -0.15) is 4.31 Å². The predicted molar refractivity (Wildman–Crippen MR) is 127 cm³/mol. The highest BCUT2D eigenvalue weighted by Gasteiger charge is 2.26. The van der Waals surface area contributed by atoms with Crippen molar-refractivity contribution in [2.45, 2.75) is 24.3 Å². The van der Waals surface area contributed by atoms with Gasteiger partial charge in [-0.3, -0.25) is 4.79 Å².